The van der Waals surface area contributed by atoms with Crippen molar-refractivity contribution in [3.63, 3.8) is 0 Å². The van der Waals surface area contributed by atoms with Gasteiger partial charge in [-0.05, 0) is 31.5 Å². The summed E-state index contributed by atoms with van der Waals surface area (Å²) in [6.07, 6.45) is 1.64. The predicted octanol–water partition coefficient (Wildman–Crippen LogP) is 1.42. The van der Waals surface area contributed by atoms with Crippen LogP contribution in [0.15, 0.2) is 30.5 Å². The number of halogens is 1. The molecule has 0 aliphatic heterocycles. The summed E-state index contributed by atoms with van der Waals surface area (Å²) in [5.74, 6) is -0.179. The van der Waals surface area contributed by atoms with Gasteiger partial charge >= 0.3 is 0 Å². The number of aryl methyl sites for hydroxylation is 1. The van der Waals surface area contributed by atoms with Crippen LogP contribution in [0.5, 0.6) is 0 Å². The lowest BCUT2D eigenvalue weighted by molar-refractivity contribution is 0.0742. The number of aromatic nitrogens is 3. The number of hydrogen-bond acceptors (Lipinski definition) is 4. The molecule has 2 rings (SSSR count). The van der Waals surface area contributed by atoms with Gasteiger partial charge in [-0.2, -0.15) is 0 Å². The standard InChI is InChI=1S/C14H19N5O.ClH/c1-10-5-4-6-12(7-10)19-9-13(16-17-19)14(20)18(3)11(2)8-15;/h4-7,9,11H,8,15H2,1-3H3;1H. The van der Waals surface area contributed by atoms with E-state index in [4.69, 9.17) is 5.73 Å². The second-order valence-corrected chi connectivity index (χ2v) is 4.89. The first-order valence-corrected chi connectivity index (χ1v) is 6.49. The summed E-state index contributed by atoms with van der Waals surface area (Å²) in [4.78, 5) is 13.8. The molecule has 6 nitrogen and oxygen atoms in total. The maximum Gasteiger partial charge on any atom is 0.276 e. The maximum absolute atomic E-state index is 12.2. The number of nitrogens with zero attached hydrogens (tertiary/aromatic N) is 4. The molecule has 1 heterocycles. The number of rotatable bonds is 4. The van der Waals surface area contributed by atoms with E-state index in [1.54, 1.807) is 22.8 Å². The second-order valence-electron chi connectivity index (χ2n) is 4.89. The SMILES string of the molecule is Cc1cccc(-n2cc(C(=O)N(C)C(C)CN)nn2)c1.Cl. The quantitative estimate of drug-likeness (QED) is 0.926. The molecule has 0 saturated heterocycles. The van der Waals surface area contributed by atoms with E-state index in [9.17, 15) is 4.79 Å². The summed E-state index contributed by atoms with van der Waals surface area (Å²) >= 11 is 0. The van der Waals surface area contributed by atoms with Crippen LogP contribution >= 0.6 is 12.4 Å². The van der Waals surface area contributed by atoms with E-state index in [1.807, 2.05) is 38.1 Å². The van der Waals surface area contributed by atoms with Gasteiger partial charge in [0.1, 0.15) is 0 Å². The van der Waals surface area contributed by atoms with Crippen LogP contribution in [0.4, 0.5) is 0 Å². The Kier molecular flexibility index (Phi) is 5.87. The van der Waals surface area contributed by atoms with Gasteiger partial charge in [0.05, 0.1) is 11.9 Å². The van der Waals surface area contributed by atoms with Crippen LogP contribution in [-0.2, 0) is 0 Å². The summed E-state index contributed by atoms with van der Waals surface area (Å²) in [7, 11) is 1.71. The van der Waals surface area contributed by atoms with Gasteiger partial charge in [-0.15, -0.1) is 17.5 Å². The molecule has 0 radical (unpaired) electrons. The minimum atomic E-state index is -0.179. The van der Waals surface area contributed by atoms with Gasteiger partial charge in [-0.3, -0.25) is 4.79 Å². The molecule has 114 valence electrons. The van der Waals surface area contributed by atoms with Crippen LogP contribution in [0, 0.1) is 6.92 Å². The van der Waals surface area contributed by atoms with Crippen molar-refractivity contribution in [2.45, 2.75) is 19.9 Å². The molecule has 0 bridgehead atoms. The molecule has 0 aliphatic carbocycles. The number of nitrogens with two attached hydrogens (primary N) is 1. The number of carbonyl (C=O) groups is 1. The highest BCUT2D eigenvalue weighted by molar-refractivity contribution is 5.92. The van der Waals surface area contributed by atoms with Gasteiger partial charge in [0.2, 0.25) is 0 Å². The highest BCUT2D eigenvalue weighted by Crippen LogP contribution is 2.10. The Morgan fingerprint density at radius 3 is 2.81 bits per heavy atom. The van der Waals surface area contributed by atoms with Crippen LogP contribution in [0.3, 0.4) is 0 Å². The van der Waals surface area contributed by atoms with Crippen molar-refractivity contribution < 1.29 is 4.79 Å². The van der Waals surface area contributed by atoms with Gasteiger partial charge in [0, 0.05) is 19.6 Å². The fourth-order valence-corrected chi connectivity index (χ4v) is 1.80. The number of benzene rings is 1. The Bertz CT molecular complexity index is 613. The molecule has 0 saturated carbocycles. The van der Waals surface area contributed by atoms with Crippen molar-refractivity contribution >= 4 is 18.3 Å². The van der Waals surface area contributed by atoms with Crippen LogP contribution in [0.2, 0.25) is 0 Å². The smallest absolute Gasteiger partial charge is 0.276 e. The zero-order valence-corrected chi connectivity index (χ0v) is 13.2. The first-order chi connectivity index (χ1) is 9.52. The number of hydrogen-bond donors (Lipinski definition) is 1. The van der Waals surface area contributed by atoms with E-state index in [-0.39, 0.29) is 24.4 Å². The zero-order chi connectivity index (χ0) is 14.7. The van der Waals surface area contributed by atoms with Gasteiger partial charge in [0.25, 0.3) is 5.91 Å². The van der Waals surface area contributed by atoms with E-state index in [1.165, 1.54) is 0 Å². The summed E-state index contributed by atoms with van der Waals surface area (Å²) in [6, 6.07) is 7.81. The number of likely N-dealkylation sites (N-methyl/N-ethyl adjacent to an activating group) is 1. The monoisotopic (exact) mass is 309 g/mol. The summed E-state index contributed by atoms with van der Waals surface area (Å²) in [5.41, 5.74) is 7.89. The molecule has 1 unspecified atom stereocenters. The molecule has 21 heavy (non-hydrogen) atoms. The Hall–Kier alpha value is -1.92. The van der Waals surface area contributed by atoms with Crippen molar-refractivity contribution in [3.8, 4) is 5.69 Å². The molecule has 0 spiro atoms. The first-order valence-electron chi connectivity index (χ1n) is 6.49. The lowest BCUT2D eigenvalue weighted by Gasteiger charge is -2.22. The molecule has 1 aromatic heterocycles. The Labute approximate surface area is 130 Å². The third-order valence-corrected chi connectivity index (χ3v) is 3.30. The predicted molar refractivity (Wildman–Crippen MR) is 84.0 cm³/mol. The summed E-state index contributed by atoms with van der Waals surface area (Å²) < 4.78 is 1.60. The molecule has 1 atom stereocenters. The highest BCUT2D eigenvalue weighted by atomic mass is 35.5. The van der Waals surface area contributed by atoms with Gasteiger partial charge < -0.3 is 10.6 Å². The van der Waals surface area contributed by atoms with E-state index in [2.05, 4.69) is 10.3 Å². The average Bonchev–Trinajstić information content (AvgIpc) is 2.94. The first kappa shape index (κ1) is 17.1. The Morgan fingerprint density at radius 1 is 1.48 bits per heavy atom. The van der Waals surface area contributed by atoms with Crippen LogP contribution in [0.25, 0.3) is 5.69 Å². The molecule has 0 aliphatic rings. The number of amides is 1. The minimum Gasteiger partial charge on any atom is -0.336 e. The lowest BCUT2D eigenvalue weighted by atomic mass is 10.2. The van der Waals surface area contributed by atoms with Crippen molar-refractivity contribution in [3.05, 3.63) is 41.7 Å². The lowest BCUT2D eigenvalue weighted by Crippen LogP contribution is -2.39. The second kappa shape index (κ2) is 7.19. The molecule has 0 fully saturated rings. The molecular formula is C14H20ClN5O. The summed E-state index contributed by atoms with van der Waals surface area (Å²) in [5, 5.41) is 7.94. The van der Waals surface area contributed by atoms with Crippen LogP contribution in [-0.4, -0.2) is 45.4 Å². The zero-order valence-electron chi connectivity index (χ0n) is 12.4. The van der Waals surface area contributed by atoms with Crippen molar-refractivity contribution in [2.24, 2.45) is 5.73 Å². The molecule has 2 aromatic rings. The topological polar surface area (TPSA) is 77.0 Å². The highest BCUT2D eigenvalue weighted by Gasteiger charge is 2.19. The van der Waals surface area contributed by atoms with E-state index >= 15 is 0 Å². The van der Waals surface area contributed by atoms with Crippen molar-refractivity contribution in [1.29, 1.82) is 0 Å². The van der Waals surface area contributed by atoms with Crippen molar-refractivity contribution in [1.82, 2.24) is 19.9 Å². The molecular weight excluding hydrogens is 290 g/mol. The van der Waals surface area contributed by atoms with E-state index < -0.39 is 0 Å². The van der Waals surface area contributed by atoms with E-state index in [0.717, 1.165) is 11.3 Å². The molecule has 1 amide bonds. The molecule has 2 N–H and O–H groups in total. The third kappa shape index (κ3) is 3.80. The van der Waals surface area contributed by atoms with Gasteiger partial charge in [0.15, 0.2) is 5.69 Å². The van der Waals surface area contributed by atoms with Crippen LogP contribution in [0.1, 0.15) is 23.0 Å². The van der Waals surface area contributed by atoms with Gasteiger partial charge in [-0.25, -0.2) is 4.68 Å². The average molecular weight is 310 g/mol. The fraction of sp³-hybridized carbons (Fsp3) is 0.357. The molecule has 1 aromatic carbocycles. The van der Waals surface area contributed by atoms with Crippen molar-refractivity contribution in [2.75, 3.05) is 13.6 Å². The Balaban J connectivity index is 0.00000220. The third-order valence-electron chi connectivity index (χ3n) is 3.30. The largest absolute Gasteiger partial charge is 0.336 e. The fourth-order valence-electron chi connectivity index (χ4n) is 1.80. The normalized spacial score (nSPS) is 11.6. The maximum atomic E-state index is 12.2. The van der Waals surface area contributed by atoms with Crippen LogP contribution < -0.4 is 5.73 Å². The minimum absolute atomic E-state index is 0. The molecule has 7 heteroatoms. The summed E-state index contributed by atoms with van der Waals surface area (Å²) in [6.45, 7) is 4.31. The number of carbonyl (C=O) groups excluding carboxylic acids is 1. The Morgan fingerprint density at radius 2 is 2.19 bits per heavy atom. The van der Waals surface area contributed by atoms with Gasteiger partial charge in [-0.1, -0.05) is 17.3 Å². The van der Waals surface area contributed by atoms with E-state index in [0.29, 0.717) is 12.2 Å².